The molecule has 0 bridgehead atoms. The van der Waals surface area contributed by atoms with E-state index in [2.05, 4.69) is 15.9 Å². The Bertz CT molecular complexity index is 2190. The number of benzene rings is 6. The minimum Gasteiger partial charge on any atom is -0.456 e. The molecule has 0 N–H and O–H groups in total. The summed E-state index contributed by atoms with van der Waals surface area (Å²) in [6.07, 6.45) is 0. The summed E-state index contributed by atoms with van der Waals surface area (Å²) in [6.45, 7) is 0. The van der Waals surface area contributed by atoms with Crippen molar-refractivity contribution in [2.45, 2.75) is 0 Å². The first kappa shape index (κ1) is 11.8. The van der Waals surface area contributed by atoms with E-state index in [-0.39, 0.29) is 50.2 Å². The van der Waals surface area contributed by atoms with Crippen LogP contribution in [-0.4, -0.2) is 0 Å². The van der Waals surface area contributed by atoms with E-state index in [0.29, 0.717) is 27.7 Å². The maximum atomic E-state index is 9.02. The topological polar surface area (TPSA) is 13.1 Å². The predicted octanol–water partition coefficient (Wildman–Crippen LogP) is 9.48. The van der Waals surface area contributed by atoms with Crippen molar-refractivity contribution in [2.75, 3.05) is 0 Å². The van der Waals surface area contributed by atoms with E-state index >= 15 is 0 Å². The van der Waals surface area contributed by atoms with Gasteiger partial charge in [-0.1, -0.05) is 90.8 Å². The van der Waals surface area contributed by atoms with Gasteiger partial charge in [-0.25, -0.2) is 0 Å². The number of halogens is 1. The van der Waals surface area contributed by atoms with Gasteiger partial charge < -0.3 is 4.42 Å². The summed E-state index contributed by atoms with van der Waals surface area (Å²) in [5.74, 6) is 0. The van der Waals surface area contributed by atoms with E-state index in [1.807, 2.05) is 54.6 Å². The zero-order chi connectivity index (χ0) is 28.2. The van der Waals surface area contributed by atoms with Gasteiger partial charge in [0.2, 0.25) is 0 Å². The number of fused-ring (bicyclic) bond motifs is 6. The summed E-state index contributed by atoms with van der Waals surface area (Å²) in [4.78, 5) is 0. The zero-order valence-electron chi connectivity index (χ0n) is 24.5. The molecule has 2 heteroatoms. The number of para-hydroxylation sites is 1. The van der Waals surface area contributed by atoms with Crippen LogP contribution in [-0.2, 0) is 0 Å². The SMILES string of the molecule is [2H]c1c([2H])c([2H])c2c(-c3c4ccccc4cc4oc5ccccc5c34)c3c([2H])c([2H])c([2H])c([2H])c3c(Br)c2c1[2H]. The Balaban J connectivity index is 1.94. The fraction of sp³-hybridized carbons (Fsp3) is 0. The molecule has 1 nitrogen and oxygen atoms in total. The molecule has 1 heterocycles. The molecule has 0 unspecified atom stereocenters. The lowest BCUT2D eigenvalue weighted by Gasteiger charge is -2.17. The Morgan fingerprint density at radius 3 is 1.91 bits per heavy atom. The molecule has 0 aliphatic heterocycles. The molecule has 7 aromatic rings. The molecule has 0 atom stereocenters. The molecule has 150 valence electrons. The molecular formula is C30H17BrO. The van der Waals surface area contributed by atoms with Crippen molar-refractivity contribution in [3.63, 3.8) is 0 Å². The maximum Gasteiger partial charge on any atom is 0.136 e. The number of rotatable bonds is 1. The van der Waals surface area contributed by atoms with Crippen LogP contribution in [0.25, 0.3) is 65.4 Å². The first-order chi connectivity index (χ1) is 19.1. The normalized spacial score (nSPS) is 15.4. The highest BCUT2D eigenvalue weighted by Gasteiger charge is 2.21. The van der Waals surface area contributed by atoms with Gasteiger partial charge in [0, 0.05) is 20.8 Å². The van der Waals surface area contributed by atoms with Crippen LogP contribution in [0.1, 0.15) is 11.0 Å². The van der Waals surface area contributed by atoms with Crippen molar-refractivity contribution >= 4 is 70.2 Å². The molecule has 1 aromatic heterocycles. The Morgan fingerprint density at radius 1 is 0.594 bits per heavy atom. The molecule has 7 rings (SSSR count). The Kier molecular flexibility index (Phi) is 2.48. The van der Waals surface area contributed by atoms with Gasteiger partial charge in [-0.2, -0.15) is 0 Å². The van der Waals surface area contributed by atoms with Crippen LogP contribution < -0.4 is 0 Å². The minimum atomic E-state index is -0.431. The molecule has 0 aliphatic rings. The Morgan fingerprint density at radius 2 is 1.19 bits per heavy atom. The highest BCUT2D eigenvalue weighted by Crippen LogP contribution is 2.48. The van der Waals surface area contributed by atoms with E-state index in [1.165, 1.54) is 0 Å². The van der Waals surface area contributed by atoms with E-state index in [9.17, 15) is 0 Å². The van der Waals surface area contributed by atoms with Crippen LogP contribution in [0.4, 0.5) is 0 Å². The summed E-state index contributed by atoms with van der Waals surface area (Å²) in [7, 11) is 0. The van der Waals surface area contributed by atoms with Gasteiger partial charge in [0.25, 0.3) is 0 Å². The summed E-state index contributed by atoms with van der Waals surface area (Å²) in [5, 5.41) is 3.67. The second kappa shape index (κ2) is 6.69. The van der Waals surface area contributed by atoms with Crippen LogP contribution in [0, 0.1) is 0 Å². The van der Waals surface area contributed by atoms with Crippen molar-refractivity contribution < 1.29 is 15.4 Å². The molecule has 0 saturated carbocycles. The second-order valence-electron chi connectivity index (χ2n) is 7.63. The molecule has 0 spiro atoms. The van der Waals surface area contributed by atoms with Crippen LogP contribution >= 0.6 is 15.9 Å². The molecular weight excluding hydrogens is 456 g/mol. The van der Waals surface area contributed by atoms with Gasteiger partial charge in [0.15, 0.2) is 0 Å². The van der Waals surface area contributed by atoms with Crippen LogP contribution in [0.3, 0.4) is 0 Å². The molecule has 6 aromatic carbocycles. The Labute approximate surface area is 204 Å². The fourth-order valence-electron chi connectivity index (χ4n) is 4.64. The third-order valence-electron chi connectivity index (χ3n) is 5.95. The Hall–Kier alpha value is -3.62. The van der Waals surface area contributed by atoms with Gasteiger partial charge in [0.05, 0.1) is 11.0 Å². The van der Waals surface area contributed by atoms with Gasteiger partial charge in [-0.3, -0.25) is 0 Å². The van der Waals surface area contributed by atoms with Crippen LogP contribution in [0.2, 0.25) is 0 Å². The first-order valence-corrected chi connectivity index (χ1v) is 10.9. The van der Waals surface area contributed by atoms with Crippen molar-refractivity contribution in [2.24, 2.45) is 0 Å². The predicted molar refractivity (Wildman–Crippen MR) is 139 cm³/mol. The lowest BCUT2D eigenvalue weighted by atomic mass is 9.87. The third-order valence-corrected chi connectivity index (χ3v) is 6.75. The van der Waals surface area contributed by atoms with E-state index in [1.54, 1.807) is 0 Å². The lowest BCUT2D eigenvalue weighted by Crippen LogP contribution is -1.90. The molecule has 0 fully saturated rings. The van der Waals surface area contributed by atoms with Crippen molar-refractivity contribution in [1.82, 2.24) is 0 Å². The van der Waals surface area contributed by atoms with Crippen molar-refractivity contribution in [3.05, 3.63) is 107 Å². The van der Waals surface area contributed by atoms with Gasteiger partial charge >= 0.3 is 0 Å². The number of hydrogen-bond acceptors (Lipinski definition) is 1. The molecule has 0 amide bonds. The third kappa shape index (κ3) is 2.39. The van der Waals surface area contributed by atoms with E-state index in [4.69, 9.17) is 15.4 Å². The average Bonchev–Trinajstić information content (AvgIpc) is 3.33. The second-order valence-corrected chi connectivity index (χ2v) is 8.43. The number of furan rings is 1. The first-order valence-electron chi connectivity index (χ1n) is 14.1. The molecule has 0 saturated heterocycles. The van der Waals surface area contributed by atoms with E-state index < -0.39 is 24.2 Å². The van der Waals surface area contributed by atoms with E-state index in [0.717, 1.165) is 16.2 Å². The average molecular weight is 481 g/mol. The zero-order valence-corrected chi connectivity index (χ0v) is 18.1. The summed E-state index contributed by atoms with van der Waals surface area (Å²) < 4.78 is 75.9. The van der Waals surface area contributed by atoms with Crippen LogP contribution in [0.15, 0.2) is 112 Å². The molecule has 0 radical (unpaired) electrons. The van der Waals surface area contributed by atoms with Crippen molar-refractivity contribution in [3.8, 4) is 11.1 Å². The quantitative estimate of drug-likeness (QED) is 0.213. The van der Waals surface area contributed by atoms with Gasteiger partial charge in [-0.15, -0.1) is 0 Å². The monoisotopic (exact) mass is 480 g/mol. The molecule has 32 heavy (non-hydrogen) atoms. The minimum absolute atomic E-state index is 0.146. The summed E-state index contributed by atoms with van der Waals surface area (Å²) in [6, 6.07) is 14.1. The maximum absolute atomic E-state index is 9.02. The highest BCUT2D eigenvalue weighted by molar-refractivity contribution is 9.10. The van der Waals surface area contributed by atoms with Gasteiger partial charge in [-0.05, 0) is 65.9 Å². The molecule has 0 aliphatic carbocycles. The number of hydrogen-bond donors (Lipinski definition) is 0. The summed E-state index contributed by atoms with van der Waals surface area (Å²) in [5.41, 5.74) is 2.07. The largest absolute Gasteiger partial charge is 0.456 e. The highest BCUT2D eigenvalue weighted by atomic mass is 79.9. The lowest BCUT2D eigenvalue weighted by molar-refractivity contribution is 0.669. The van der Waals surface area contributed by atoms with Crippen molar-refractivity contribution in [1.29, 1.82) is 0 Å². The van der Waals surface area contributed by atoms with Crippen LogP contribution in [0.5, 0.6) is 0 Å². The smallest absolute Gasteiger partial charge is 0.136 e. The fourth-order valence-corrected chi connectivity index (χ4v) is 5.23. The summed E-state index contributed by atoms with van der Waals surface area (Å²) >= 11 is 3.49. The van der Waals surface area contributed by atoms with Gasteiger partial charge in [0.1, 0.15) is 11.2 Å². The standard InChI is InChI=1S/C30H17BrO/c31-30-22-13-5-3-11-20(22)27(21-12-4-6-14-23(21)30)29-19-10-2-1-9-18(19)17-26-28(29)24-15-7-8-16-25(24)32-26/h1-17H/i3D,4D,5D,6D,11D,12D,13D,14D.